The second-order valence-electron chi connectivity index (χ2n) is 6.29. The number of alkyl halides is 2. The molecule has 1 aromatic carbocycles. The average molecular weight is 375 g/mol. The molecule has 1 N–H and O–H groups in total. The monoisotopic (exact) mass is 375 g/mol. The molecule has 0 bridgehead atoms. The van der Waals surface area contributed by atoms with Gasteiger partial charge in [0.25, 0.3) is 0 Å². The third-order valence-electron chi connectivity index (χ3n) is 3.83. The molecular formula is C18H19F2N5O2. The van der Waals surface area contributed by atoms with Gasteiger partial charge in [0.2, 0.25) is 0 Å². The summed E-state index contributed by atoms with van der Waals surface area (Å²) in [6.45, 7) is 3.43. The van der Waals surface area contributed by atoms with Gasteiger partial charge >= 0.3 is 5.92 Å². The number of pyridine rings is 1. The standard InChI is InChI=1S/C18H19F2N5O2/c1-12(2)27-15-6-3-13(4-7-15)14-5-8-16(21-9-14)18(19,20)17(26)10-25-11-22-23-24-25/h3-9,11-12,17,26H,10H2,1-2H3. The van der Waals surface area contributed by atoms with E-state index < -0.39 is 24.3 Å². The molecule has 27 heavy (non-hydrogen) atoms. The maximum atomic E-state index is 14.4. The van der Waals surface area contributed by atoms with Crippen molar-refractivity contribution >= 4 is 0 Å². The van der Waals surface area contributed by atoms with Crippen LogP contribution < -0.4 is 4.74 Å². The first-order chi connectivity index (χ1) is 12.9. The normalized spacial score (nSPS) is 13.0. The van der Waals surface area contributed by atoms with Crippen LogP contribution in [-0.2, 0) is 12.5 Å². The molecule has 3 rings (SSSR count). The summed E-state index contributed by atoms with van der Waals surface area (Å²) in [7, 11) is 0. The van der Waals surface area contributed by atoms with E-state index >= 15 is 0 Å². The van der Waals surface area contributed by atoms with Crippen molar-refractivity contribution < 1.29 is 18.6 Å². The van der Waals surface area contributed by atoms with Crippen LogP contribution in [0.3, 0.4) is 0 Å². The fourth-order valence-corrected chi connectivity index (χ4v) is 2.49. The SMILES string of the molecule is CC(C)Oc1ccc(-c2ccc(C(F)(F)C(O)Cn3cnnn3)nc2)cc1. The number of halogens is 2. The summed E-state index contributed by atoms with van der Waals surface area (Å²) in [6.07, 6.45) is 0.568. The molecule has 0 aliphatic heterocycles. The van der Waals surface area contributed by atoms with Crippen LogP contribution >= 0.6 is 0 Å². The molecule has 0 aliphatic carbocycles. The van der Waals surface area contributed by atoms with Crippen molar-refractivity contribution in [3.05, 3.63) is 54.6 Å². The van der Waals surface area contributed by atoms with Crippen LogP contribution in [0.4, 0.5) is 8.78 Å². The molecule has 0 spiro atoms. The van der Waals surface area contributed by atoms with Crippen LogP contribution in [0.2, 0.25) is 0 Å². The number of ether oxygens (including phenoxy) is 1. The maximum absolute atomic E-state index is 14.4. The molecule has 9 heteroatoms. The van der Waals surface area contributed by atoms with E-state index in [1.165, 1.54) is 18.3 Å². The second-order valence-corrected chi connectivity index (χ2v) is 6.29. The number of hydrogen-bond donors (Lipinski definition) is 1. The number of rotatable bonds is 7. The predicted octanol–water partition coefficient (Wildman–Crippen LogP) is 2.68. The van der Waals surface area contributed by atoms with Crippen molar-refractivity contribution in [1.82, 2.24) is 25.2 Å². The summed E-state index contributed by atoms with van der Waals surface area (Å²) in [5, 5.41) is 20.0. The lowest BCUT2D eigenvalue weighted by Crippen LogP contribution is -2.35. The van der Waals surface area contributed by atoms with Crippen molar-refractivity contribution in [3.63, 3.8) is 0 Å². The zero-order valence-electron chi connectivity index (χ0n) is 14.8. The van der Waals surface area contributed by atoms with Crippen LogP contribution in [0.25, 0.3) is 11.1 Å². The van der Waals surface area contributed by atoms with Gasteiger partial charge in [-0.15, -0.1) is 5.10 Å². The molecule has 2 aromatic heterocycles. The number of benzene rings is 1. The van der Waals surface area contributed by atoms with Gasteiger partial charge in [-0.3, -0.25) is 4.98 Å². The number of hydrogen-bond acceptors (Lipinski definition) is 6. The molecule has 3 aromatic rings. The smallest absolute Gasteiger partial charge is 0.316 e. The van der Waals surface area contributed by atoms with Crippen molar-refractivity contribution in [2.45, 2.75) is 38.5 Å². The van der Waals surface area contributed by atoms with Gasteiger partial charge in [0.05, 0.1) is 12.6 Å². The minimum Gasteiger partial charge on any atom is -0.491 e. The van der Waals surface area contributed by atoms with Crippen LogP contribution in [0.15, 0.2) is 48.9 Å². The first kappa shape index (κ1) is 18.8. The first-order valence-corrected chi connectivity index (χ1v) is 8.36. The number of tetrazole rings is 1. The van der Waals surface area contributed by atoms with Gasteiger partial charge in [-0.2, -0.15) is 8.78 Å². The van der Waals surface area contributed by atoms with Crippen molar-refractivity contribution in [2.75, 3.05) is 0 Å². The Morgan fingerprint density at radius 1 is 1.11 bits per heavy atom. The highest BCUT2D eigenvalue weighted by Gasteiger charge is 2.42. The van der Waals surface area contributed by atoms with E-state index in [4.69, 9.17) is 4.74 Å². The predicted molar refractivity (Wildman–Crippen MR) is 93.2 cm³/mol. The summed E-state index contributed by atoms with van der Waals surface area (Å²) in [6, 6.07) is 10.0. The molecule has 1 unspecified atom stereocenters. The highest BCUT2D eigenvalue weighted by atomic mass is 19.3. The number of aliphatic hydroxyl groups excluding tert-OH is 1. The van der Waals surface area contributed by atoms with E-state index in [1.54, 1.807) is 0 Å². The van der Waals surface area contributed by atoms with Gasteiger partial charge in [0.1, 0.15) is 23.9 Å². The van der Waals surface area contributed by atoms with Crippen molar-refractivity contribution in [2.24, 2.45) is 0 Å². The van der Waals surface area contributed by atoms with E-state index in [9.17, 15) is 13.9 Å². The van der Waals surface area contributed by atoms with Gasteiger partial charge in [-0.25, -0.2) is 4.68 Å². The van der Waals surface area contributed by atoms with Gasteiger partial charge in [0, 0.05) is 11.8 Å². The molecule has 142 valence electrons. The Balaban J connectivity index is 1.73. The summed E-state index contributed by atoms with van der Waals surface area (Å²) in [5.74, 6) is -2.81. The van der Waals surface area contributed by atoms with E-state index in [0.29, 0.717) is 5.56 Å². The lowest BCUT2D eigenvalue weighted by molar-refractivity contribution is -0.124. The second kappa shape index (κ2) is 7.75. The Hall–Kier alpha value is -2.94. The van der Waals surface area contributed by atoms with Crippen LogP contribution in [-0.4, -0.2) is 42.5 Å². The molecule has 1 atom stereocenters. The van der Waals surface area contributed by atoms with E-state index in [0.717, 1.165) is 22.3 Å². The lowest BCUT2D eigenvalue weighted by Gasteiger charge is -2.21. The van der Waals surface area contributed by atoms with Gasteiger partial charge in [0.15, 0.2) is 0 Å². The Kier molecular flexibility index (Phi) is 5.41. The minimum absolute atomic E-state index is 0.0683. The number of aliphatic hydroxyl groups is 1. The van der Waals surface area contributed by atoms with Gasteiger partial charge < -0.3 is 9.84 Å². The molecular weight excluding hydrogens is 356 g/mol. The summed E-state index contributed by atoms with van der Waals surface area (Å²) in [5.41, 5.74) is 0.981. The zero-order valence-corrected chi connectivity index (χ0v) is 14.8. The molecule has 0 saturated carbocycles. The molecule has 0 amide bonds. The average Bonchev–Trinajstić information content (AvgIpc) is 3.15. The van der Waals surface area contributed by atoms with Gasteiger partial charge in [-0.05, 0) is 48.0 Å². The highest BCUT2D eigenvalue weighted by Crippen LogP contribution is 2.32. The molecule has 7 nitrogen and oxygen atoms in total. The van der Waals surface area contributed by atoms with E-state index in [-0.39, 0.29) is 6.10 Å². The third-order valence-corrected chi connectivity index (χ3v) is 3.83. The van der Waals surface area contributed by atoms with Crippen molar-refractivity contribution in [1.29, 1.82) is 0 Å². The zero-order chi connectivity index (χ0) is 19.4. The maximum Gasteiger partial charge on any atom is 0.316 e. The summed E-state index contributed by atoms with van der Waals surface area (Å²) in [4.78, 5) is 3.85. The van der Waals surface area contributed by atoms with E-state index in [1.807, 2.05) is 38.1 Å². The fraction of sp³-hybridized carbons (Fsp3) is 0.333. The van der Waals surface area contributed by atoms with E-state index in [2.05, 4.69) is 20.5 Å². The Bertz CT molecular complexity index is 852. The largest absolute Gasteiger partial charge is 0.491 e. The quantitative estimate of drug-likeness (QED) is 0.683. The molecule has 0 fully saturated rings. The van der Waals surface area contributed by atoms with Crippen LogP contribution in [0, 0.1) is 0 Å². The fourth-order valence-electron chi connectivity index (χ4n) is 2.49. The highest BCUT2D eigenvalue weighted by molar-refractivity contribution is 5.63. The number of nitrogens with zero attached hydrogens (tertiary/aromatic N) is 5. The number of aromatic nitrogens is 5. The lowest BCUT2D eigenvalue weighted by atomic mass is 10.0. The minimum atomic E-state index is -3.54. The summed E-state index contributed by atoms with van der Waals surface area (Å²) >= 11 is 0. The topological polar surface area (TPSA) is 86.0 Å². The summed E-state index contributed by atoms with van der Waals surface area (Å²) < 4.78 is 35.5. The Morgan fingerprint density at radius 2 is 1.81 bits per heavy atom. The Labute approximate surface area is 154 Å². The molecule has 0 radical (unpaired) electrons. The van der Waals surface area contributed by atoms with Gasteiger partial charge in [-0.1, -0.05) is 18.2 Å². The third kappa shape index (κ3) is 4.43. The molecule has 0 saturated heterocycles. The van der Waals surface area contributed by atoms with Crippen molar-refractivity contribution in [3.8, 4) is 16.9 Å². The first-order valence-electron chi connectivity index (χ1n) is 8.36. The Morgan fingerprint density at radius 3 is 2.37 bits per heavy atom. The van der Waals surface area contributed by atoms with Crippen LogP contribution in [0.1, 0.15) is 19.5 Å². The molecule has 0 aliphatic rings. The van der Waals surface area contributed by atoms with Crippen LogP contribution in [0.5, 0.6) is 5.75 Å². The molecule has 2 heterocycles.